The van der Waals surface area contributed by atoms with E-state index in [4.69, 9.17) is 4.74 Å². The Bertz CT molecular complexity index is 494. The van der Waals surface area contributed by atoms with Gasteiger partial charge in [-0.15, -0.1) is 5.10 Å². The van der Waals surface area contributed by atoms with Crippen molar-refractivity contribution in [1.29, 1.82) is 0 Å². The van der Waals surface area contributed by atoms with E-state index in [0.29, 0.717) is 12.3 Å². The average Bonchev–Trinajstić information content (AvgIpc) is 3.14. The maximum atomic E-state index is 12.0. The third-order valence-electron chi connectivity index (χ3n) is 3.17. The average molecular weight is 280 g/mol. The molecule has 2 rings (SSSR count). The standard InChI is InChI=1S/C13H20N4O3/c1-7(2)6-9(13(19)20-3)14-12(18)11-15-10(16-17-11)8-4-5-8/h7-9H,4-6H2,1-3H3,(H,14,18)(H,15,16,17). The largest absolute Gasteiger partial charge is 0.467 e. The number of amides is 1. The van der Waals surface area contributed by atoms with Crippen molar-refractivity contribution in [3.05, 3.63) is 11.6 Å². The van der Waals surface area contributed by atoms with Gasteiger partial charge >= 0.3 is 5.97 Å². The number of H-pyrrole nitrogens is 1. The van der Waals surface area contributed by atoms with E-state index in [0.717, 1.165) is 18.7 Å². The van der Waals surface area contributed by atoms with Crippen LogP contribution in [0.15, 0.2) is 0 Å². The van der Waals surface area contributed by atoms with Crippen LogP contribution < -0.4 is 5.32 Å². The highest BCUT2D eigenvalue weighted by Crippen LogP contribution is 2.37. The van der Waals surface area contributed by atoms with Gasteiger partial charge in [0.2, 0.25) is 5.82 Å². The number of hydrogen-bond acceptors (Lipinski definition) is 5. The lowest BCUT2D eigenvalue weighted by Gasteiger charge is -2.17. The molecule has 7 nitrogen and oxygen atoms in total. The van der Waals surface area contributed by atoms with Crippen molar-refractivity contribution in [2.75, 3.05) is 7.11 Å². The van der Waals surface area contributed by atoms with Gasteiger partial charge in [-0.1, -0.05) is 13.8 Å². The predicted octanol–water partition coefficient (Wildman–Crippen LogP) is 1.000. The molecule has 1 unspecified atom stereocenters. The molecule has 1 saturated carbocycles. The molecule has 0 saturated heterocycles. The number of aromatic nitrogens is 3. The van der Waals surface area contributed by atoms with E-state index in [-0.39, 0.29) is 11.7 Å². The first kappa shape index (κ1) is 14.5. The number of nitrogens with zero attached hydrogens (tertiary/aromatic N) is 2. The minimum atomic E-state index is -0.671. The van der Waals surface area contributed by atoms with E-state index in [1.807, 2.05) is 13.8 Å². The number of carbonyl (C=O) groups excluding carboxylic acids is 2. The third kappa shape index (κ3) is 3.55. The minimum absolute atomic E-state index is 0.0737. The topological polar surface area (TPSA) is 97.0 Å². The fraction of sp³-hybridized carbons (Fsp3) is 0.692. The second-order valence-electron chi connectivity index (χ2n) is 5.50. The summed E-state index contributed by atoms with van der Waals surface area (Å²) in [5.74, 6) is 0.567. The molecule has 1 fully saturated rings. The lowest BCUT2D eigenvalue weighted by atomic mass is 10.0. The Labute approximate surface area is 117 Å². The van der Waals surface area contributed by atoms with Gasteiger partial charge in [0.1, 0.15) is 11.9 Å². The molecule has 110 valence electrons. The lowest BCUT2D eigenvalue weighted by Crippen LogP contribution is -2.42. The van der Waals surface area contributed by atoms with Crippen molar-refractivity contribution in [2.45, 2.75) is 45.1 Å². The number of aromatic amines is 1. The van der Waals surface area contributed by atoms with Crippen molar-refractivity contribution in [2.24, 2.45) is 5.92 Å². The zero-order valence-corrected chi connectivity index (χ0v) is 12.0. The molecular weight excluding hydrogens is 260 g/mol. The summed E-state index contributed by atoms with van der Waals surface area (Å²) in [4.78, 5) is 27.9. The maximum Gasteiger partial charge on any atom is 0.328 e. The van der Waals surface area contributed by atoms with Crippen molar-refractivity contribution >= 4 is 11.9 Å². The summed E-state index contributed by atoms with van der Waals surface area (Å²) in [6.07, 6.45) is 2.67. The van der Waals surface area contributed by atoms with E-state index >= 15 is 0 Å². The van der Waals surface area contributed by atoms with Crippen molar-refractivity contribution in [3.63, 3.8) is 0 Å². The molecule has 1 heterocycles. The molecule has 0 aromatic carbocycles. The summed E-state index contributed by atoms with van der Waals surface area (Å²) >= 11 is 0. The molecule has 1 atom stereocenters. The molecular formula is C13H20N4O3. The van der Waals surface area contributed by atoms with Crippen LogP contribution in [0.3, 0.4) is 0 Å². The molecule has 0 aliphatic heterocycles. The first-order chi connectivity index (χ1) is 9.51. The molecule has 1 aliphatic rings. The van der Waals surface area contributed by atoms with Crippen LogP contribution in [0.25, 0.3) is 0 Å². The van der Waals surface area contributed by atoms with Gasteiger partial charge in [0.25, 0.3) is 5.91 Å². The Morgan fingerprint density at radius 1 is 1.45 bits per heavy atom. The van der Waals surface area contributed by atoms with Gasteiger partial charge in [0, 0.05) is 5.92 Å². The molecule has 20 heavy (non-hydrogen) atoms. The highest BCUT2D eigenvalue weighted by molar-refractivity contribution is 5.93. The summed E-state index contributed by atoms with van der Waals surface area (Å²) in [6.45, 7) is 3.94. The van der Waals surface area contributed by atoms with Crippen LogP contribution in [0.5, 0.6) is 0 Å². The number of carbonyl (C=O) groups is 2. The van der Waals surface area contributed by atoms with Gasteiger partial charge in [-0.2, -0.15) is 0 Å². The van der Waals surface area contributed by atoms with Crippen molar-refractivity contribution < 1.29 is 14.3 Å². The Kier molecular flexibility index (Phi) is 4.36. The van der Waals surface area contributed by atoms with Crippen LogP contribution in [-0.4, -0.2) is 40.2 Å². The zero-order chi connectivity index (χ0) is 14.7. The zero-order valence-electron chi connectivity index (χ0n) is 12.0. The number of hydrogen-bond donors (Lipinski definition) is 2. The molecule has 0 spiro atoms. The number of rotatable bonds is 6. The van der Waals surface area contributed by atoms with E-state index < -0.39 is 17.9 Å². The minimum Gasteiger partial charge on any atom is -0.467 e. The highest BCUT2D eigenvalue weighted by Gasteiger charge is 2.29. The Balaban J connectivity index is 2.00. The molecule has 0 bridgehead atoms. The monoisotopic (exact) mass is 280 g/mol. The SMILES string of the molecule is COC(=O)C(CC(C)C)NC(=O)c1n[nH]c(C2CC2)n1. The Hall–Kier alpha value is -1.92. The summed E-state index contributed by atoms with van der Waals surface area (Å²) in [7, 11) is 1.31. The van der Waals surface area contributed by atoms with Crippen LogP contribution in [-0.2, 0) is 9.53 Å². The number of esters is 1. The van der Waals surface area contributed by atoms with Crippen molar-refractivity contribution in [3.8, 4) is 0 Å². The van der Waals surface area contributed by atoms with E-state index in [2.05, 4.69) is 20.5 Å². The summed E-state index contributed by atoms with van der Waals surface area (Å²) in [5, 5.41) is 9.29. The highest BCUT2D eigenvalue weighted by atomic mass is 16.5. The molecule has 2 N–H and O–H groups in total. The third-order valence-corrected chi connectivity index (χ3v) is 3.17. The Morgan fingerprint density at radius 2 is 2.15 bits per heavy atom. The molecule has 7 heteroatoms. The maximum absolute atomic E-state index is 12.0. The first-order valence-electron chi connectivity index (χ1n) is 6.82. The number of nitrogens with one attached hydrogen (secondary N) is 2. The van der Waals surface area contributed by atoms with Gasteiger partial charge in [-0.05, 0) is 25.2 Å². The summed E-state index contributed by atoms with van der Waals surface area (Å²) in [5.41, 5.74) is 0. The molecule has 1 aromatic rings. The van der Waals surface area contributed by atoms with Gasteiger partial charge in [0.15, 0.2) is 0 Å². The van der Waals surface area contributed by atoms with Crippen LogP contribution in [0.2, 0.25) is 0 Å². The van der Waals surface area contributed by atoms with E-state index in [1.165, 1.54) is 7.11 Å². The van der Waals surface area contributed by atoms with E-state index in [1.54, 1.807) is 0 Å². The smallest absolute Gasteiger partial charge is 0.328 e. The normalized spacial score (nSPS) is 16.0. The van der Waals surface area contributed by atoms with Crippen molar-refractivity contribution in [1.82, 2.24) is 20.5 Å². The Morgan fingerprint density at radius 3 is 2.70 bits per heavy atom. The first-order valence-corrected chi connectivity index (χ1v) is 6.82. The molecule has 1 aliphatic carbocycles. The van der Waals surface area contributed by atoms with Gasteiger partial charge < -0.3 is 10.1 Å². The second kappa shape index (κ2) is 6.02. The van der Waals surface area contributed by atoms with Crippen LogP contribution in [0.1, 0.15) is 55.5 Å². The quantitative estimate of drug-likeness (QED) is 0.758. The second-order valence-corrected chi connectivity index (χ2v) is 5.50. The molecule has 0 radical (unpaired) electrons. The van der Waals surface area contributed by atoms with Crippen LogP contribution in [0.4, 0.5) is 0 Å². The van der Waals surface area contributed by atoms with Crippen LogP contribution >= 0.6 is 0 Å². The van der Waals surface area contributed by atoms with Gasteiger partial charge in [-0.25, -0.2) is 9.78 Å². The summed E-state index contributed by atoms with van der Waals surface area (Å²) < 4.78 is 4.70. The lowest BCUT2D eigenvalue weighted by molar-refractivity contribution is -0.143. The van der Waals surface area contributed by atoms with Gasteiger partial charge in [0.05, 0.1) is 7.11 Å². The van der Waals surface area contributed by atoms with Crippen LogP contribution in [0, 0.1) is 5.92 Å². The fourth-order valence-electron chi connectivity index (χ4n) is 1.97. The van der Waals surface area contributed by atoms with Gasteiger partial charge in [-0.3, -0.25) is 9.89 Å². The predicted molar refractivity (Wildman–Crippen MR) is 71.1 cm³/mol. The molecule has 1 amide bonds. The fourth-order valence-corrected chi connectivity index (χ4v) is 1.97. The number of ether oxygens (including phenoxy) is 1. The van der Waals surface area contributed by atoms with E-state index in [9.17, 15) is 9.59 Å². The molecule has 1 aromatic heterocycles. The number of methoxy groups -OCH3 is 1. The summed E-state index contributed by atoms with van der Waals surface area (Å²) in [6, 6.07) is -0.671.